The number of hydrogen-bond acceptors (Lipinski definition) is 2. The van der Waals surface area contributed by atoms with E-state index in [-0.39, 0.29) is 0 Å². The average molecular weight is 271 g/mol. The van der Waals surface area contributed by atoms with E-state index in [1.54, 1.807) is 0 Å². The lowest BCUT2D eigenvalue weighted by atomic mass is 9.84. The summed E-state index contributed by atoms with van der Waals surface area (Å²) < 4.78 is 6.16. The Balaban J connectivity index is 1.78. The fourth-order valence-corrected chi connectivity index (χ4v) is 3.41. The van der Waals surface area contributed by atoms with Crippen LogP contribution in [-0.2, 0) is 0 Å². The molecule has 3 rings (SSSR count). The summed E-state index contributed by atoms with van der Waals surface area (Å²) in [5.41, 5.74) is 2.32. The van der Waals surface area contributed by atoms with E-state index in [0.717, 1.165) is 12.1 Å². The molecule has 2 atom stereocenters. The van der Waals surface area contributed by atoms with Gasteiger partial charge in [-0.05, 0) is 50.8 Å². The maximum atomic E-state index is 6.16. The highest BCUT2D eigenvalue weighted by Gasteiger charge is 2.25. The predicted molar refractivity (Wildman–Crippen MR) is 84.2 cm³/mol. The molecule has 1 saturated carbocycles. The van der Waals surface area contributed by atoms with Crippen LogP contribution >= 0.6 is 0 Å². The number of fused-ring (bicyclic) bond motifs is 1. The molecule has 2 nitrogen and oxygen atoms in total. The number of hydrogen-bond donors (Lipinski definition) is 1. The molecule has 20 heavy (non-hydrogen) atoms. The summed E-state index contributed by atoms with van der Waals surface area (Å²) in [5, 5.41) is 4.93. The van der Waals surface area contributed by atoms with Crippen molar-refractivity contribution in [1.29, 1.82) is 0 Å². The van der Waals surface area contributed by atoms with E-state index in [1.165, 1.54) is 48.8 Å². The maximum absolute atomic E-state index is 6.16. The molecule has 1 N–H and O–H groups in total. The van der Waals surface area contributed by atoms with E-state index in [4.69, 9.17) is 4.42 Å². The van der Waals surface area contributed by atoms with Crippen LogP contribution in [0.2, 0.25) is 0 Å². The van der Waals surface area contributed by atoms with Crippen LogP contribution in [0.4, 0.5) is 0 Å². The lowest BCUT2D eigenvalue weighted by molar-refractivity contribution is 0.313. The van der Waals surface area contributed by atoms with Gasteiger partial charge in [-0.3, -0.25) is 0 Å². The second-order valence-electron chi connectivity index (χ2n) is 6.16. The van der Waals surface area contributed by atoms with Gasteiger partial charge in [0.1, 0.15) is 11.3 Å². The lowest BCUT2D eigenvalue weighted by Gasteiger charge is -2.28. The van der Waals surface area contributed by atoms with Gasteiger partial charge in [-0.1, -0.05) is 31.5 Å². The number of nitrogens with one attached hydrogen (secondary N) is 1. The molecule has 2 heteroatoms. The van der Waals surface area contributed by atoms with Crippen LogP contribution in [0.1, 0.15) is 56.3 Å². The first-order chi connectivity index (χ1) is 9.78. The molecular weight excluding hydrogens is 246 g/mol. The van der Waals surface area contributed by atoms with E-state index in [0.29, 0.717) is 12.0 Å². The van der Waals surface area contributed by atoms with E-state index in [1.807, 2.05) is 0 Å². The summed E-state index contributed by atoms with van der Waals surface area (Å²) >= 11 is 0. The van der Waals surface area contributed by atoms with Crippen molar-refractivity contribution in [1.82, 2.24) is 5.32 Å². The summed E-state index contributed by atoms with van der Waals surface area (Å²) in [7, 11) is 0. The van der Waals surface area contributed by atoms with Gasteiger partial charge >= 0.3 is 0 Å². The quantitative estimate of drug-likeness (QED) is 0.866. The summed E-state index contributed by atoms with van der Waals surface area (Å²) in [5.74, 6) is 1.78. The Bertz CT molecular complexity index is 572. The molecule has 2 aromatic rings. The smallest absolute Gasteiger partial charge is 0.137 e. The van der Waals surface area contributed by atoms with Crippen molar-refractivity contribution in [2.24, 2.45) is 0 Å². The summed E-state index contributed by atoms with van der Waals surface area (Å²) in [6.07, 6.45) is 6.32. The van der Waals surface area contributed by atoms with Crippen molar-refractivity contribution in [3.05, 3.63) is 35.6 Å². The SMILES string of the molecule is CCCNC1CCCC(c2cc3cccc(C)c3o2)C1. The highest BCUT2D eigenvalue weighted by Crippen LogP contribution is 2.36. The van der Waals surface area contributed by atoms with Crippen LogP contribution in [-0.4, -0.2) is 12.6 Å². The topological polar surface area (TPSA) is 25.2 Å². The standard InChI is InChI=1S/C18H25NO/c1-3-10-19-16-9-5-7-14(11-16)17-12-15-8-4-6-13(2)18(15)20-17/h4,6,8,12,14,16,19H,3,5,7,9-11H2,1-2H3. The van der Waals surface area contributed by atoms with Crippen molar-refractivity contribution < 1.29 is 4.42 Å². The Hall–Kier alpha value is -1.28. The molecule has 1 aliphatic rings. The molecule has 1 heterocycles. The summed E-state index contributed by atoms with van der Waals surface area (Å²) in [4.78, 5) is 0. The number of rotatable bonds is 4. The third-order valence-corrected chi connectivity index (χ3v) is 4.52. The van der Waals surface area contributed by atoms with Crippen molar-refractivity contribution in [3.63, 3.8) is 0 Å². The van der Waals surface area contributed by atoms with E-state index < -0.39 is 0 Å². The monoisotopic (exact) mass is 271 g/mol. The van der Waals surface area contributed by atoms with Crippen LogP contribution in [0, 0.1) is 6.92 Å². The van der Waals surface area contributed by atoms with Gasteiger partial charge in [-0.15, -0.1) is 0 Å². The second-order valence-corrected chi connectivity index (χ2v) is 6.16. The Labute approximate surface area is 121 Å². The molecule has 1 fully saturated rings. The lowest BCUT2D eigenvalue weighted by Crippen LogP contribution is -2.33. The van der Waals surface area contributed by atoms with Gasteiger partial charge in [0.25, 0.3) is 0 Å². The molecule has 108 valence electrons. The minimum absolute atomic E-state index is 0.588. The van der Waals surface area contributed by atoms with Crippen molar-refractivity contribution in [3.8, 4) is 0 Å². The molecule has 0 radical (unpaired) electrons. The Morgan fingerprint density at radius 3 is 3.00 bits per heavy atom. The molecule has 2 unspecified atom stereocenters. The molecule has 0 aliphatic heterocycles. The molecule has 0 amide bonds. The molecule has 0 saturated heterocycles. The minimum atomic E-state index is 0.588. The van der Waals surface area contributed by atoms with E-state index >= 15 is 0 Å². The molecule has 1 aromatic carbocycles. The number of furan rings is 1. The first kappa shape index (κ1) is 13.7. The van der Waals surface area contributed by atoms with Crippen molar-refractivity contribution in [2.45, 2.75) is 57.9 Å². The third-order valence-electron chi connectivity index (χ3n) is 4.52. The van der Waals surface area contributed by atoms with Crippen LogP contribution in [0.3, 0.4) is 0 Å². The van der Waals surface area contributed by atoms with Crippen LogP contribution in [0.15, 0.2) is 28.7 Å². The van der Waals surface area contributed by atoms with Gasteiger partial charge in [0.05, 0.1) is 0 Å². The fourth-order valence-electron chi connectivity index (χ4n) is 3.41. The fraction of sp³-hybridized carbons (Fsp3) is 0.556. The Morgan fingerprint density at radius 2 is 2.20 bits per heavy atom. The molecule has 1 aromatic heterocycles. The third kappa shape index (κ3) is 2.76. The van der Waals surface area contributed by atoms with Crippen molar-refractivity contribution in [2.75, 3.05) is 6.54 Å². The largest absolute Gasteiger partial charge is 0.461 e. The number of aryl methyl sites for hydroxylation is 1. The van der Waals surface area contributed by atoms with Gasteiger partial charge in [0.2, 0.25) is 0 Å². The normalized spacial score (nSPS) is 23.3. The highest BCUT2D eigenvalue weighted by molar-refractivity contribution is 5.81. The Kier molecular flexibility index (Phi) is 4.11. The maximum Gasteiger partial charge on any atom is 0.137 e. The zero-order chi connectivity index (χ0) is 13.9. The first-order valence-electron chi connectivity index (χ1n) is 8.00. The average Bonchev–Trinajstić information content (AvgIpc) is 2.91. The van der Waals surface area contributed by atoms with Crippen LogP contribution < -0.4 is 5.32 Å². The number of para-hydroxylation sites is 1. The van der Waals surface area contributed by atoms with Gasteiger partial charge in [0, 0.05) is 17.3 Å². The number of benzene rings is 1. The molecular formula is C18H25NO. The Morgan fingerprint density at radius 1 is 1.30 bits per heavy atom. The zero-order valence-corrected chi connectivity index (χ0v) is 12.6. The summed E-state index contributed by atoms with van der Waals surface area (Å²) in [6.45, 7) is 5.49. The summed E-state index contributed by atoms with van der Waals surface area (Å²) in [6, 6.07) is 9.33. The van der Waals surface area contributed by atoms with Gasteiger partial charge in [-0.25, -0.2) is 0 Å². The van der Waals surface area contributed by atoms with Gasteiger partial charge in [0.15, 0.2) is 0 Å². The highest BCUT2D eigenvalue weighted by atomic mass is 16.3. The van der Waals surface area contributed by atoms with E-state index in [2.05, 4.69) is 43.4 Å². The molecule has 0 bridgehead atoms. The van der Waals surface area contributed by atoms with Crippen LogP contribution in [0.5, 0.6) is 0 Å². The molecule has 0 spiro atoms. The van der Waals surface area contributed by atoms with E-state index in [9.17, 15) is 0 Å². The first-order valence-corrected chi connectivity index (χ1v) is 8.00. The van der Waals surface area contributed by atoms with Crippen molar-refractivity contribution >= 4 is 11.0 Å². The predicted octanol–water partition coefficient (Wildman–Crippen LogP) is 4.77. The van der Waals surface area contributed by atoms with Gasteiger partial charge < -0.3 is 9.73 Å². The minimum Gasteiger partial charge on any atom is -0.461 e. The zero-order valence-electron chi connectivity index (χ0n) is 12.6. The van der Waals surface area contributed by atoms with Crippen LogP contribution in [0.25, 0.3) is 11.0 Å². The van der Waals surface area contributed by atoms with Gasteiger partial charge in [-0.2, -0.15) is 0 Å². The molecule has 1 aliphatic carbocycles. The second kappa shape index (κ2) is 6.01.